The number of nitrogens with zero attached hydrogens (tertiary/aromatic N) is 4. The van der Waals surface area contributed by atoms with Gasteiger partial charge in [-0.2, -0.15) is 11.3 Å². The maximum atomic E-state index is 12.9. The first-order valence-electron chi connectivity index (χ1n) is 9.55. The minimum absolute atomic E-state index is 0.168. The highest BCUT2D eigenvalue weighted by atomic mass is 32.1. The zero-order valence-corrected chi connectivity index (χ0v) is 16.6. The fourth-order valence-electron chi connectivity index (χ4n) is 3.88. The Kier molecular flexibility index (Phi) is 5.52. The lowest BCUT2D eigenvalue weighted by atomic mass is 9.87. The van der Waals surface area contributed by atoms with Gasteiger partial charge >= 0.3 is 0 Å². The third-order valence-corrected chi connectivity index (χ3v) is 6.27. The predicted octanol–water partition coefficient (Wildman–Crippen LogP) is 2.63. The molecule has 0 saturated carbocycles. The van der Waals surface area contributed by atoms with Crippen molar-refractivity contribution in [2.75, 3.05) is 26.2 Å². The number of aromatic nitrogens is 2. The highest BCUT2D eigenvalue weighted by Crippen LogP contribution is 2.33. The van der Waals surface area contributed by atoms with Crippen LogP contribution in [0.5, 0.6) is 0 Å². The molecule has 2 aromatic heterocycles. The molecular formula is C20H26N4O2S. The molecule has 2 saturated heterocycles. The lowest BCUT2D eigenvalue weighted by Gasteiger charge is -2.40. The molecule has 144 valence electrons. The summed E-state index contributed by atoms with van der Waals surface area (Å²) < 4.78 is 6.25. The lowest BCUT2D eigenvalue weighted by molar-refractivity contribution is -0.136. The molecule has 1 amide bonds. The van der Waals surface area contributed by atoms with Gasteiger partial charge in [0, 0.05) is 32.4 Å². The number of carbonyl (C=O) groups is 1. The van der Waals surface area contributed by atoms with E-state index in [1.54, 1.807) is 23.7 Å². The Balaban J connectivity index is 1.34. The van der Waals surface area contributed by atoms with Crippen LogP contribution in [0.15, 0.2) is 29.2 Å². The van der Waals surface area contributed by atoms with Gasteiger partial charge in [-0.15, -0.1) is 0 Å². The van der Waals surface area contributed by atoms with Crippen molar-refractivity contribution in [1.82, 2.24) is 19.8 Å². The number of ether oxygens (including phenoxy) is 1. The van der Waals surface area contributed by atoms with E-state index in [2.05, 4.69) is 31.7 Å². The normalized spacial score (nSPS) is 20.8. The number of likely N-dealkylation sites (tertiary alicyclic amines) is 1. The molecule has 27 heavy (non-hydrogen) atoms. The van der Waals surface area contributed by atoms with Crippen LogP contribution in [0.1, 0.15) is 36.2 Å². The summed E-state index contributed by atoms with van der Waals surface area (Å²) >= 11 is 1.74. The fourth-order valence-corrected chi connectivity index (χ4v) is 4.54. The van der Waals surface area contributed by atoms with E-state index in [0.29, 0.717) is 26.1 Å². The molecule has 2 aliphatic heterocycles. The molecule has 7 heteroatoms. The molecule has 0 N–H and O–H groups in total. The van der Waals surface area contributed by atoms with E-state index < -0.39 is 0 Å². The SMILES string of the molecule is Cc1cnc(CN2CCOC3(CCN(Cc4ccsc4)CC3)CC2=O)cn1. The van der Waals surface area contributed by atoms with E-state index in [1.807, 2.05) is 11.8 Å². The molecular weight excluding hydrogens is 360 g/mol. The number of piperidine rings is 1. The topological polar surface area (TPSA) is 58.6 Å². The molecule has 4 heterocycles. The van der Waals surface area contributed by atoms with Gasteiger partial charge in [-0.1, -0.05) is 0 Å². The van der Waals surface area contributed by atoms with Gasteiger partial charge in [0.15, 0.2) is 0 Å². The number of aryl methyl sites for hydroxylation is 1. The second-order valence-electron chi connectivity index (χ2n) is 7.58. The van der Waals surface area contributed by atoms with Gasteiger partial charge in [-0.05, 0) is 42.2 Å². The number of rotatable bonds is 4. The van der Waals surface area contributed by atoms with Crippen LogP contribution in [0.4, 0.5) is 0 Å². The first-order chi connectivity index (χ1) is 13.1. The summed E-state index contributed by atoms with van der Waals surface area (Å²) in [4.78, 5) is 25.9. The van der Waals surface area contributed by atoms with Crippen LogP contribution < -0.4 is 0 Å². The van der Waals surface area contributed by atoms with E-state index in [0.717, 1.165) is 43.9 Å². The van der Waals surface area contributed by atoms with Gasteiger partial charge in [0.05, 0.1) is 42.8 Å². The van der Waals surface area contributed by atoms with E-state index in [4.69, 9.17) is 4.74 Å². The van der Waals surface area contributed by atoms with Crippen LogP contribution >= 0.6 is 11.3 Å². The first-order valence-corrected chi connectivity index (χ1v) is 10.5. The quantitative estimate of drug-likeness (QED) is 0.808. The Morgan fingerprint density at radius 3 is 2.74 bits per heavy atom. The summed E-state index contributed by atoms with van der Waals surface area (Å²) in [7, 11) is 0. The second kappa shape index (κ2) is 8.04. The third kappa shape index (κ3) is 4.54. The third-order valence-electron chi connectivity index (χ3n) is 5.54. The molecule has 0 aromatic carbocycles. The number of thiophene rings is 1. The van der Waals surface area contributed by atoms with Gasteiger partial charge in [0.2, 0.25) is 5.91 Å². The average Bonchev–Trinajstić information content (AvgIpc) is 3.12. The monoisotopic (exact) mass is 386 g/mol. The van der Waals surface area contributed by atoms with Crippen molar-refractivity contribution in [2.45, 2.75) is 44.9 Å². The van der Waals surface area contributed by atoms with Crippen molar-refractivity contribution in [2.24, 2.45) is 0 Å². The van der Waals surface area contributed by atoms with Crippen molar-refractivity contribution in [3.8, 4) is 0 Å². The minimum atomic E-state index is -0.296. The smallest absolute Gasteiger partial charge is 0.225 e. The Labute approximate surface area is 164 Å². The Morgan fingerprint density at radius 2 is 2.04 bits per heavy atom. The van der Waals surface area contributed by atoms with E-state index >= 15 is 0 Å². The van der Waals surface area contributed by atoms with Crippen molar-refractivity contribution < 1.29 is 9.53 Å². The van der Waals surface area contributed by atoms with Gasteiger partial charge in [-0.25, -0.2) is 0 Å². The number of hydrogen-bond acceptors (Lipinski definition) is 6. The van der Waals surface area contributed by atoms with Gasteiger partial charge in [0.25, 0.3) is 0 Å². The maximum absolute atomic E-state index is 12.9. The van der Waals surface area contributed by atoms with Crippen LogP contribution in [0.2, 0.25) is 0 Å². The molecule has 0 unspecified atom stereocenters. The van der Waals surface area contributed by atoms with Crippen LogP contribution in [0.25, 0.3) is 0 Å². The standard InChI is InChI=1S/C20H26N4O2S/c1-16-11-22-18(12-21-16)14-24-7-8-26-20(10-19(24)25)3-5-23(6-4-20)13-17-2-9-27-15-17/h2,9,11-12,15H,3-8,10,13-14H2,1H3. The number of carbonyl (C=O) groups excluding carboxylic acids is 1. The lowest BCUT2D eigenvalue weighted by Crippen LogP contribution is -2.47. The molecule has 0 aliphatic carbocycles. The molecule has 0 radical (unpaired) electrons. The average molecular weight is 387 g/mol. The predicted molar refractivity (Wildman–Crippen MR) is 104 cm³/mol. The van der Waals surface area contributed by atoms with Crippen LogP contribution in [-0.2, 0) is 22.6 Å². The molecule has 0 atom stereocenters. The highest BCUT2D eigenvalue weighted by Gasteiger charge is 2.40. The van der Waals surface area contributed by atoms with E-state index in [-0.39, 0.29) is 11.5 Å². The van der Waals surface area contributed by atoms with Crippen LogP contribution in [0, 0.1) is 6.92 Å². The van der Waals surface area contributed by atoms with Gasteiger partial charge < -0.3 is 9.64 Å². The van der Waals surface area contributed by atoms with Crippen molar-refractivity contribution in [3.05, 3.63) is 46.2 Å². The molecule has 1 spiro atoms. The Hall–Kier alpha value is -1.83. The molecule has 6 nitrogen and oxygen atoms in total. The maximum Gasteiger partial charge on any atom is 0.225 e. The summed E-state index contributed by atoms with van der Waals surface area (Å²) in [5, 5.41) is 4.34. The van der Waals surface area contributed by atoms with Gasteiger partial charge in [0.1, 0.15) is 0 Å². The van der Waals surface area contributed by atoms with Crippen molar-refractivity contribution in [1.29, 1.82) is 0 Å². The van der Waals surface area contributed by atoms with E-state index in [1.165, 1.54) is 5.56 Å². The zero-order chi connectivity index (χ0) is 18.7. The van der Waals surface area contributed by atoms with Gasteiger partial charge in [-0.3, -0.25) is 19.7 Å². The fraction of sp³-hybridized carbons (Fsp3) is 0.550. The number of amides is 1. The molecule has 2 fully saturated rings. The van der Waals surface area contributed by atoms with Crippen LogP contribution in [-0.4, -0.2) is 57.5 Å². The minimum Gasteiger partial charge on any atom is -0.373 e. The largest absolute Gasteiger partial charge is 0.373 e. The second-order valence-corrected chi connectivity index (χ2v) is 8.36. The first kappa shape index (κ1) is 18.5. The highest BCUT2D eigenvalue weighted by molar-refractivity contribution is 7.07. The summed E-state index contributed by atoms with van der Waals surface area (Å²) in [5.74, 6) is 0.168. The van der Waals surface area contributed by atoms with Crippen molar-refractivity contribution in [3.63, 3.8) is 0 Å². The van der Waals surface area contributed by atoms with E-state index in [9.17, 15) is 4.79 Å². The Morgan fingerprint density at radius 1 is 1.19 bits per heavy atom. The molecule has 4 rings (SSSR count). The summed E-state index contributed by atoms with van der Waals surface area (Å²) in [6, 6.07) is 2.19. The summed E-state index contributed by atoms with van der Waals surface area (Å²) in [6.45, 7) is 6.58. The summed E-state index contributed by atoms with van der Waals surface area (Å²) in [5.41, 5.74) is 2.79. The Bertz CT molecular complexity index is 755. The summed E-state index contributed by atoms with van der Waals surface area (Å²) in [6.07, 6.45) is 5.81. The number of hydrogen-bond donors (Lipinski definition) is 0. The molecule has 0 bridgehead atoms. The van der Waals surface area contributed by atoms with Crippen LogP contribution in [0.3, 0.4) is 0 Å². The van der Waals surface area contributed by atoms with Crippen molar-refractivity contribution >= 4 is 17.2 Å². The molecule has 2 aromatic rings. The zero-order valence-electron chi connectivity index (χ0n) is 15.8. The molecule has 2 aliphatic rings.